The normalized spacial score (nSPS) is 10.6. The van der Waals surface area contributed by atoms with Gasteiger partial charge < -0.3 is 10.5 Å². The second-order valence-electron chi connectivity index (χ2n) is 3.49. The average molecular weight is 219 g/mol. The van der Waals surface area contributed by atoms with E-state index in [9.17, 15) is 4.79 Å². The third kappa shape index (κ3) is 3.42. The van der Waals surface area contributed by atoms with E-state index in [0.29, 0.717) is 6.42 Å². The Kier molecular flexibility index (Phi) is 4.58. The van der Waals surface area contributed by atoms with Crippen LogP contribution in [0.3, 0.4) is 0 Å². The van der Waals surface area contributed by atoms with Crippen LogP contribution in [0.1, 0.15) is 24.5 Å². The molecule has 3 nitrogen and oxygen atoms in total. The van der Waals surface area contributed by atoms with Crippen LogP contribution >= 0.6 is 0 Å². The fourth-order valence-electron chi connectivity index (χ4n) is 1.41. The first-order valence-electron chi connectivity index (χ1n) is 5.29. The summed E-state index contributed by atoms with van der Waals surface area (Å²) in [6.45, 7) is 2.06. The van der Waals surface area contributed by atoms with Gasteiger partial charge >= 0.3 is 5.97 Å². The summed E-state index contributed by atoms with van der Waals surface area (Å²) in [6.07, 6.45) is 4.89. The highest BCUT2D eigenvalue weighted by atomic mass is 16.5. The van der Waals surface area contributed by atoms with Crippen LogP contribution in [0.4, 0.5) is 5.69 Å². The molecule has 0 spiro atoms. The van der Waals surface area contributed by atoms with Gasteiger partial charge in [0.25, 0.3) is 0 Å². The molecule has 86 valence electrons. The van der Waals surface area contributed by atoms with Gasteiger partial charge in [-0.15, -0.1) is 0 Å². The van der Waals surface area contributed by atoms with Crippen LogP contribution in [-0.2, 0) is 16.0 Å². The molecule has 3 heteroatoms. The minimum atomic E-state index is -0.234. The van der Waals surface area contributed by atoms with Gasteiger partial charge in [-0.05, 0) is 29.7 Å². The van der Waals surface area contributed by atoms with Crippen molar-refractivity contribution < 1.29 is 9.53 Å². The van der Waals surface area contributed by atoms with Crippen LogP contribution in [0.15, 0.2) is 24.3 Å². The summed E-state index contributed by atoms with van der Waals surface area (Å²) in [5.41, 5.74) is 8.79. The molecule has 0 unspecified atom stereocenters. The van der Waals surface area contributed by atoms with Gasteiger partial charge in [-0.1, -0.05) is 25.1 Å². The second-order valence-corrected chi connectivity index (χ2v) is 3.49. The predicted molar refractivity (Wildman–Crippen MR) is 65.9 cm³/mol. The molecule has 2 N–H and O–H groups in total. The molecule has 1 aromatic rings. The van der Waals surface area contributed by atoms with E-state index in [-0.39, 0.29) is 5.97 Å². The number of hydrogen-bond acceptors (Lipinski definition) is 3. The zero-order valence-electron chi connectivity index (χ0n) is 9.69. The first-order valence-corrected chi connectivity index (χ1v) is 5.29. The molecule has 0 aliphatic heterocycles. The number of esters is 1. The van der Waals surface area contributed by atoms with Crippen molar-refractivity contribution in [3.05, 3.63) is 35.4 Å². The highest BCUT2D eigenvalue weighted by molar-refractivity contribution is 5.72. The van der Waals surface area contributed by atoms with E-state index in [4.69, 9.17) is 5.73 Å². The minimum absolute atomic E-state index is 0.234. The molecule has 0 aromatic heterocycles. The van der Waals surface area contributed by atoms with Crippen molar-refractivity contribution >= 4 is 17.7 Å². The molecule has 1 rings (SSSR count). The molecule has 0 amide bonds. The molecule has 0 fully saturated rings. The van der Waals surface area contributed by atoms with Gasteiger partial charge in [0.05, 0.1) is 13.5 Å². The van der Waals surface area contributed by atoms with Crippen LogP contribution in [0.25, 0.3) is 6.08 Å². The Bertz CT molecular complexity index is 397. The molecule has 0 bridgehead atoms. The van der Waals surface area contributed by atoms with Crippen LogP contribution in [0, 0.1) is 0 Å². The van der Waals surface area contributed by atoms with Crippen molar-refractivity contribution in [1.82, 2.24) is 0 Å². The summed E-state index contributed by atoms with van der Waals surface area (Å²) in [6, 6.07) is 5.85. The molecule has 1 aromatic carbocycles. The molecule has 0 atom stereocenters. The minimum Gasteiger partial charge on any atom is -0.469 e. The van der Waals surface area contributed by atoms with Crippen molar-refractivity contribution in [2.24, 2.45) is 0 Å². The summed E-state index contributed by atoms with van der Waals surface area (Å²) in [4.78, 5) is 10.9. The largest absolute Gasteiger partial charge is 0.469 e. The molecule has 0 aliphatic rings. The van der Waals surface area contributed by atoms with E-state index in [0.717, 1.165) is 23.2 Å². The Balaban J connectivity index is 2.70. The summed E-state index contributed by atoms with van der Waals surface area (Å²) in [5.74, 6) is -0.234. The molecule has 16 heavy (non-hydrogen) atoms. The third-order valence-corrected chi connectivity index (χ3v) is 2.37. The maximum atomic E-state index is 10.9. The number of hydrogen-bond donors (Lipinski definition) is 1. The average Bonchev–Trinajstić information content (AvgIpc) is 2.31. The number of methoxy groups -OCH3 is 1. The second kappa shape index (κ2) is 5.95. The lowest BCUT2D eigenvalue weighted by atomic mass is 10.1. The number of anilines is 1. The summed E-state index contributed by atoms with van der Waals surface area (Å²) >= 11 is 0. The van der Waals surface area contributed by atoms with Crippen LogP contribution < -0.4 is 5.73 Å². The number of rotatable bonds is 4. The van der Waals surface area contributed by atoms with Crippen LogP contribution in [-0.4, -0.2) is 13.1 Å². The van der Waals surface area contributed by atoms with Crippen molar-refractivity contribution in [2.45, 2.75) is 19.8 Å². The molecule has 0 aliphatic carbocycles. The van der Waals surface area contributed by atoms with Gasteiger partial charge in [-0.2, -0.15) is 0 Å². The number of ether oxygens (including phenoxy) is 1. The molecule has 0 saturated heterocycles. The highest BCUT2D eigenvalue weighted by Crippen LogP contribution is 2.15. The maximum Gasteiger partial charge on any atom is 0.309 e. The van der Waals surface area contributed by atoms with Gasteiger partial charge in [-0.25, -0.2) is 0 Å². The SMILES string of the molecule is CCc1cc(C=CCC(=O)OC)ccc1N. The number of aryl methyl sites for hydroxylation is 1. The van der Waals surface area contributed by atoms with E-state index in [1.165, 1.54) is 7.11 Å². The lowest BCUT2D eigenvalue weighted by Crippen LogP contribution is -1.96. The number of nitrogen functional groups attached to an aromatic ring is 1. The van der Waals surface area contributed by atoms with Crippen molar-refractivity contribution in [1.29, 1.82) is 0 Å². The Labute approximate surface area is 95.9 Å². The van der Waals surface area contributed by atoms with Gasteiger partial charge in [0.2, 0.25) is 0 Å². The molecule has 0 saturated carbocycles. The Morgan fingerprint density at radius 2 is 2.25 bits per heavy atom. The van der Waals surface area contributed by atoms with E-state index < -0.39 is 0 Å². The summed E-state index contributed by atoms with van der Waals surface area (Å²) in [5, 5.41) is 0. The lowest BCUT2D eigenvalue weighted by Gasteiger charge is -2.03. The summed E-state index contributed by atoms with van der Waals surface area (Å²) in [7, 11) is 1.38. The Hall–Kier alpha value is -1.77. The van der Waals surface area contributed by atoms with Gasteiger partial charge in [0.15, 0.2) is 0 Å². The molecule has 0 heterocycles. The smallest absolute Gasteiger partial charge is 0.309 e. The first-order chi connectivity index (χ1) is 7.67. The standard InChI is InChI=1S/C13H17NO2/c1-3-11-9-10(7-8-12(11)14)5-4-6-13(15)16-2/h4-5,7-9H,3,6,14H2,1-2H3. The lowest BCUT2D eigenvalue weighted by molar-refractivity contribution is -0.139. The maximum absolute atomic E-state index is 10.9. The molecular weight excluding hydrogens is 202 g/mol. The van der Waals surface area contributed by atoms with Gasteiger partial charge in [0.1, 0.15) is 0 Å². The van der Waals surface area contributed by atoms with Gasteiger partial charge in [0, 0.05) is 5.69 Å². The third-order valence-electron chi connectivity index (χ3n) is 2.37. The monoisotopic (exact) mass is 219 g/mol. The number of nitrogens with two attached hydrogens (primary N) is 1. The topological polar surface area (TPSA) is 52.3 Å². The number of benzene rings is 1. The quantitative estimate of drug-likeness (QED) is 0.625. The highest BCUT2D eigenvalue weighted by Gasteiger charge is 1.98. The summed E-state index contributed by atoms with van der Waals surface area (Å²) < 4.78 is 4.54. The van der Waals surface area contributed by atoms with Crippen LogP contribution in [0.5, 0.6) is 0 Å². The fraction of sp³-hybridized carbons (Fsp3) is 0.308. The van der Waals surface area contributed by atoms with Crippen molar-refractivity contribution in [3.8, 4) is 0 Å². The zero-order valence-corrected chi connectivity index (χ0v) is 9.69. The zero-order chi connectivity index (χ0) is 12.0. The first kappa shape index (κ1) is 12.3. The van der Waals surface area contributed by atoms with E-state index in [1.807, 2.05) is 24.3 Å². The Morgan fingerprint density at radius 1 is 1.50 bits per heavy atom. The number of carbonyl (C=O) groups excluding carboxylic acids is 1. The fourth-order valence-corrected chi connectivity index (χ4v) is 1.41. The van der Waals surface area contributed by atoms with Gasteiger partial charge in [-0.3, -0.25) is 4.79 Å². The van der Waals surface area contributed by atoms with Crippen molar-refractivity contribution in [3.63, 3.8) is 0 Å². The van der Waals surface area contributed by atoms with Crippen molar-refractivity contribution in [2.75, 3.05) is 12.8 Å². The predicted octanol–water partition coefficient (Wildman–Crippen LogP) is 2.41. The van der Waals surface area contributed by atoms with Crippen LogP contribution in [0.2, 0.25) is 0 Å². The number of carbonyl (C=O) groups is 1. The van der Waals surface area contributed by atoms with E-state index in [1.54, 1.807) is 6.08 Å². The molecule has 0 radical (unpaired) electrons. The molecular formula is C13H17NO2. The Morgan fingerprint density at radius 3 is 2.88 bits per heavy atom. The van der Waals surface area contributed by atoms with E-state index in [2.05, 4.69) is 11.7 Å². The van der Waals surface area contributed by atoms with E-state index >= 15 is 0 Å².